The predicted octanol–water partition coefficient (Wildman–Crippen LogP) is 1.45. The molecule has 2 N–H and O–H groups in total. The predicted molar refractivity (Wildman–Crippen MR) is 77.8 cm³/mol. The van der Waals surface area contributed by atoms with Crippen molar-refractivity contribution in [1.82, 2.24) is 9.80 Å². The van der Waals surface area contributed by atoms with E-state index in [9.17, 15) is 4.79 Å². The molecule has 1 saturated heterocycles. The van der Waals surface area contributed by atoms with Crippen LogP contribution in [0.5, 0.6) is 0 Å². The van der Waals surface area contributed by atoms with Crippen LogP contribution in [0.3, 0.4) is 0 Å². The van der Waals surface area contributed by atoms with Crippen molar-refractivity contribution in [2.75, 3.05) is 20.1 Å². The molecule has 2 fully saturated rings. The number of carbonyl (C=O) groups is 1. The fourth-order valence-corrected chi connectivity index (χ4v) is 3.50. The van der Waals surface area contributed by atoms with E-state index in [-0.39, 0.29) is 12.0 Å². The third-order valence-corrected chi connectivity index (χ3v) is 4.95. The first-order valence-electron chi connectivity index (χ1n) is 7.75. The number of rotatable bonds is 3. The molecule has 1 heterocycles. The van der Waals surface area contributed by atoms with Gasteiger partial charge in [0, 0.05) is 44.2 Å². The summed E-state index contributed by atoms with van der Waals surface area (Å²) in [6.45, 7) is 6.72. The summed E-state index contributed by atoms with van der Waals surface area (Å²) in [6, 6.07) is 1.29. The molecule has 0 aromatic rings. The van der Waals surface area contributed by atoms with Gasteiger partial charge in [0.1, 0.15) is 0 Å². The van der Waals surface area contributed by atoms with Gasteiger partial charge in [-0.2, -0.15) is 0 Å². The molecule has 2 rings (SSSR count). The van der Waals surface area contributed by atoms with Gasteiger partial charge in [0.05, 0.1) is 0 Å². The van der Waals surface area contributed by atoms with Gasteiger partial charge < -0.3 is 15.5 Å². The first-order valence-corrected chi connectivity index (χ1v) is 7.75. The lowest BCUT2D eigenvalue weighted by Crippen LogP contribution is -2.48. The molecular weight excluding hydrogens is 238 g/mol. The zero-order valence-electron chi connectivity index (χ0n) is 12.6. The van der Waals surface area contributed by atoms with Gasteiger partial charge in [0.2, 0.25) is 5.91 Å². The highest BCUT2D eigenvalue weighted by Gasteiger charge is 2.33. The number of likely N-dealkylation sites (tertiary alicyclic amines) is 1. The standard InChI is InChI=1S/C15H29N3O/c1-11(2)18-8-6-14(7-9-18)17(3)15(19)12-4-5-13(16)10-12/h11-14H,4-10,16H2,1-3H3. The molecule has 4 nitrogen and oxygen atoms in total. The van der Waals surface area contributed by atoms with Gasteiger partial charge in [-0.15, -0.1) is 0 Å². The summed E-state index contributed by atoms with van der Waals surface area (Å²) < 4.78 is 0. The highest BCUT2D eigenvalue weighted by atomic mass is 16.2. The summed E-state index contributed by atoms with van der Waals surface area (Å²) in [5.74, 6) is 0.513. The van der Waals surface area contributed by atoms with Gasteiger partial charge in [-0.3, -0.25) is 4.79 Å². The van der Waals surface area contributed by atoms with Crippen molar-refractivity contribution in [2.24, 2.45) is 11.7 Å². The Morgan fingerprint density at radius 1 is 1.21 bits per heavy atom. The quantitative estimate of drug-likeness (QED) is 0.842. The maximum atomic E-state index is 12.5. The van der Waals surface area contributed by atoms with Crippen molar-refractivity contribution in [3.63, 3.8) is 0 Å². The molecular formula is C15H29N3O. The van der Waals surface area contributed by atoms with Crippen LogP contribution in [0.1, 0.15) is 46.0 Å². The first-order chi connectivity index (χ1) is 8.99. The lowest BCUT2D eigenvalue weighted by Gasteiger charge is -2.39. The van der Waals surface area contributed by atoms with E-state index in [4.69, 9.17) is 5.73 Å². The van der Waals surface area contributed by atoms with E-state index in [0.29, 0.717) is 18.0 Å². The summed E-state index contributed by atoms with van der Waals surface area (Å²) in [5, 5.41) is 0. The zero-order valence-corrected chi connectivity index (χ0v) is 12.6. The monoisotopic (exact) mass is 267 g/mol. The Morgan fingerprint density at radius 2 is 1.84 bits per heavy atom. The normalized spacial score (nSPS) is 29.9. The van der Waals surface area contributed by atoms with Crippen LogP contribution in [-0.4, -0.2) is 54.0 Å². The van der Waals surface area contributed by atoms with E-state index in [0.717, 1.165) is 45.2 Å². The minimum absolute atomic E-state index is 0.183. The Bertz CT molecular complexity index is 311. The molecule has 1 aliphatic heterocycles. The van der Waals surface area contributed by atoms with Crippen LogP contribution in [0, 0.1) is 5.92 Å². The average molecular weight is 267 g/mol. The Kier molecular flexibility index (Phi) is 4.85. The van der Waals surface area contributed by atoms with Crippen molar-refractivity contribution < 1.29 is 4.79 Å². The molecule has 19 heavy (non-hydrogen) atoms. The number of hydrogen-bond acceptors (Lipinski definition) is 3. The molecule has 0 radical (unpaired) electrons. The summed E-state index contributed by atoms with van der Waals surface area (Å²) >= 11 is 0. The van der Waals surface area contributed by atoms with Crippen LogP contribution < -0.4 is 5.73 Å². The van der Waals surface area contributed by atoms with E-state index in [1.54, 1.807) is 0 Å². The molecule has 0 aromatic carbocycles. The van der Waals surface area contributed by atoms with E-state index < -0.39 is 0 Å². The van der Waals surface area contributed by atoms with Gasteiger partial charge in [0.15, 0.2) is 0 Å². The number of carbonyl (C=O) groups excluding carboxylic acids is 1. The largest absolute Gasteiger partial charge is 0.342 e. The van der Waals surface area contributed by atoms with Crippen molar-refractivity contribution in [2.45, 2.75) is 64.1 Å². The molecule has 0 spiro atoms. The second-order valence-electron chi connectivity index (χ2n) is 6.58. The molecule has 4 heteroatoms. The Morgan fingerprint density at radius 3 is 2.32 bits per heavy atom. The lowest BCUT2D eigenvalue weighted by atomic mass is 9.99. The topological polar surface area (TPSA) is 49.6 Å². The average Bonchev–Trinajstić information content (AvgIpc) is 2.84. The molecule has 1 amide bonds. The molecule has 1 saturated carbocycles. The highest BCUT2D eigenvalue weighted by molar-refractivity contribution is 5.79. The molecule has 110 valence electrons. The number of piperidine rings is 1. The Balaban J connectivity index is 1.83. The third kappa shape index (κ3) is 3.48. The fraction of sp³-hybridized carbons (Fsp3) is 0.933. The number of amides is 1. The summed E-state index contributed by atoms with van der Waals surface area (Å²) in [5.41, 5.74) is 5.92. The fourth-order valence-electron chi connectivity index (χ4n) is 3.50. The molecule has 2 atom stereocenters. The van der Waals surface area contributed by atoms with Crippen LogP contribution in [0.25, 0.3) is 0 Å². The maximum absolute atomic E-state index is 12.5. The molecule has 2 unspecified atom stereocenters. The molecule has 0 aromatic heterocycles. The highest BCUT2D eigenvalue weighted by Crippen LogP contribution is 2.27. The number of hydrogen-bond donors (Lipinski definition) is 1. The van der Waals surface area contributed by atoms with Gasteiger partial charge >= 0.3 is 0 Å². The Hall–Kier alpha value is -0.610. The third-order valence-electron chi connectivity index (χ3n) is 4.95. The van der Waals surface area contributed by atoms with E-state index in [2.05, 4.69) is 18.7 Å². The number of nitrogens with zero attached hydrogens (tertiary/aromatic N) is 2. The van der Waals surface area contributed by atoms with Gasteiger partial charge in [0.25, 0.3) is 0 Å². The lowest BCUT2D eigenvalue weighted by molar-refractivity contribution is -0.137. The van der Waals surface area contributed by atoms with Crippen LogP contribution in [0.4, 0.5) is 0 Å². The van der Waals surface area contributed by atoms with E-state index in [1.165, 1.54) is 0 Å². The van der Waals surface area contributed by atoms with Gasteiger partial charge in [-0.25, -0.2) is 0 Å². The van der Waals surface area contributed by atoms with Crippen LogP contribution in [0.15, 0.2) is 0 Å². The van der Waals surface area contributed by atoms with Crippen molar-refractivity contribution >= 4 is 5.91 Å². The molecule has 2 aliphatic rings. The van der Waals surface area contributed by atoms with Crippen LogP contribution in [0.2, 0.25) is 0 Å². The Labute approximate surface area is 117 Å². The van der Waals surface area contributed by atoms with Crippen molar-refractivity contribution in [1.29, 1.82) is 0 Å². The maximum Gasteiger partial charge on any atom is 0.225 e. The first kappa shape index (κ1) is 14.8. The van der Waals surface area contributed by atoms with Gasteiger partial charge in [-0.1, -0.05) is 0 Å². The minimum atomic E-state index is 0.183. The summed E-state index contributed by atoms with van der Waals surface area (Å²) in [4.78, 5) is 17.0. The molecule has 0 bridgehead atoms. The second kappa shape index (κ2) is 6.23. The SMILES string of the molecule is CC(C)N1CCC(N(C)C(=O)C2CCC(N)C2)CC1. The van der Waals surface area contributed by atoms with Crippen LogP contribution >= 0.6 is 0 Å². The second-order valence-corrected chi connectivity index (χ2v) is 6.58. The van der Waals surface area contributed by atoms with Crippen molar-refractivity contribution in [3.8, 4) is 0 Å². The van der Waals surface area contributed by atoms with Gasteiger partial charge in [-0.05, 0) is 46.0 Å². The zero-order chi connectivity index (χ0) is 14.0. The van der Waals surface area contributed by atoms with E-state index in [1.807, 2.05) is 11.9 Å². The summed E-state index contributed by atoms with van der Waals surface area (Å²) in [6.07, 6.45) is 5.09. The molecule has 1 aliphatic carbocycles. The van der Waals surface area contributed by atoms with Crippen LogP contribution in [-0.2, 0) is 4.79 Å². The summed E-state index contributed by atoms with van der Waals surface area (Å²) in [7, 11) is 1.99. The number of nitrogens with two attached hydrogens (primary N) is 1. The minimum Gasteiger partial charge on any atom is -0.342 e. The smallest absolute Gasteiger partial charge is 0.225 e. The van der Waals surface area contributed by atoms with Crippen molar-refractivity contribution in [3.05, 3.63) is 0 Å². The van der Waals surface area contributed by atoms with E-state index >= 15 is 0 Å².